The number of rotatable bonds is 1. The summed E-state index contributed by atoms with van der Waals surface area (Å²) in [4.78, 5) is 0. The molecule has 1 saturated heterocycles. The highest BCUT2D eigenvalue weighted by molar-refractivity contribution is 4.48. The molecular formula is C4H12N4. The lowest BCUT2D eigenvalue weighted by Crippen LogP contribution is -2.58. The lowest BCUT2D eigenvalue weighted by atomic mass is 10.7. The Morgan fingerprint density at radius 2 is 2.38 bits per heavy atom. The van der Waals surface area contributed by atoms with Gasteiger partial charge >= 0.3 is 0 Å². The average Bonchev–Trinajstić information content (AvgIpc) is 1.90. The molecule has 0 aromatic carbocycles. The van der Waals surface area contributed by atoms with Crippen molar-refractivity contribution in [3.63, 3.8) is 0 Å². The molecule has 8 heavy (non-hydrogen) atoms. The minimum Gasteiger partial charge on any atom is -0.241 e. The van der Waals surface area contributed by atoms with Gasteiger partial charge in [0.2, 0.25) is 0 Å². The maximum atomic E-state index is 3.13. The highest BCUT2D eigenvalue weighted by Gasteiger charge is 2.02. The highest BCUT2D eigenvalue weighted by Crippen LogP contribution is 1.77. The Hall–Kier alpha value is -0.160. The van der Waals surface area contributed by atoms with Gasteiger partial charge in [-0.25, -0.2) is 21.3 Å². The summed E-state index contributed by atoms with van der Waals surface area (Å²) in [5.41, 5.74) is 9.07. The molecule has 0 aromatic heterocycles. The van der Waals surface area contributed by atoms with Crippen LogP contribution in [-0.2, 0) is 0 Å². The molecule has 0 atom stereocenters. The van der Waals surface area contributed by atoms with Crippen LogP contribution in [0.1, 0.15) is 6.92 Å². The molecule has 0 saturated carbocycles. The number of hydrazine groups is 2. The first kappa shape index (κ1) is 5.97. The lowest BCUT2D eigenvalue weighted by Gasteiger charge is -2.27. The Morgan fingerprint density at radius 3 is 2.75 bits per heavy atom. The summed E-state index contributed by atoms with van der Waals surface area (Å²) in [5, 5.41) is 2.09. The Labute approximate surface area is 49.2 Å². The number of nitrogens with one attached hydrogen (secondary N) is 3. The van der Waals surface area contributed by atoms with Crippen molar-refractivity contribution >= 4 is 0 Å². The van der Waals surface area contributed by atoms with E-state index in [0.29, 0.717) is 0 Å². The topological polar surface area (TPSA) is 39.3 Å². The molecule has 0 radical (unpaired) electrons. The Kier molecular flexibility index (Phi) is 2.23. The molecule has 4 nitrogen and oxygen atoms in total. The zero-order valence-corrected chi connectivity index (χ0v) is 5.07. The van der Waals surface area contributed by atoms with Crippen molar-refractivity contribution in [1.29, 1.82) is 0 Å². The van der Waals surface area contributed by atoms with E-state index < -0.39 is 0 Å². The molecule has 0 aliphatic carbocycles. The summed E-state index contributed by atoms with van der Waals surface area (Å²) in [7, 11) is 0. The molecule has 0 amide bonds. The Morgan fingerprint density at radius 1 is 1.50 bits per heavy atom. The van der Waals surface area contributed by atoms with E-state index in [0.717, 1.165) is 19.9 Å². The maximum absolute atomic E-state index is 3.13. The summed E-state index contributed by atoms with van der Waals surface area (Å²) >= 11 is 0. The average molecular weight is 116 g/mol. The van der Waals surface area contributed by atoms with Crippen molar-refractivity contribution in [2.24, 2.45) is 0 Å². The zero-order chi connectivity index (χ0) is 5.82. The smallest absolute Gasteiger partial charge is 0.0752 e. The van der Waals surface area contributed by atoms with Crippen LogP contribution in [0.15, 0.2) is 0 Å². The first-order valence-corrected chi connectivity index (χ1v) is 2.87. The van der Waals surface area contributed by atoms with E-state index >= 15 is 0 Å². The van der Waals surface area contributed by atoms with Gasteiger partial charge in [-0.2, -0.15) is 0 Å². The molecule has 1 heterocycles. The molecular weight excluding hydrogens is 104 g/mol. The van der Waals surface area contributed by atoms with E-state index in [4.69, 9.17) is 0 Å². The van der Waals surface area contributed by atoms with Gasteiger partial charge in [-0.3, -0.25) is 0 Å². The molecule has 0 bridgehead atoms. The van der Waals surface area contributed by atoms with E-state index in [1.54, 1.807) is 0 Å². The largest absolute Gasteiger partial charge is 0.241 e. The van der Waals surface area contributed by atoms with Gasteiger partial charge in [-0.05, 0) is 0 Å². The molecule has 1 aliphatic heterocycles. The second-order valence-corrected chi connectivity index (χ2v) is 1.70. The molecule has 0 aromatic rings. The molecule has 0 spiro atoms. The number of hydrogen-bond acceptors (Lipinski definition) is 4. The normalized spacial score (nSPS) is 23.6. The summed E-state index contributed by atoms with van der Waals surface area (Å²) in [6.07, 6.45) is 0. The predicted molar refractivity (Wildman–Crippen MR) is 31.5 cm³/mol. The van der Waals surface area contributed by atoms with Gasteiger partial charge in [0, 0.05) is 6.54 Å². The minimum absolute atomic E-state index is 0.813. The third kappa shape index (κ3) is 1.41. The van der Waals surface area contributed by atoms with Gasteiger partial charge in [0.15, 0.2) is 0 Å². The van der Waals surface area contributed by atoms with Crippen molar-refractivity contribution in [1.82, 2.24) is 21.3 Å². The van der Waals surface area contributed by atoms with Gasteiger partial charge < -0.3 is 0 Å². The van der Waals surface area contributed by atoms with Gasteiger partial charge in [-0.15, -0.1) is 0 Å². The first-order valence-electron chi connectivity index (χ1n) is 2.87. The fraction of sp³-hybridized carbons (Fsp3) is 1.00. The molecule has 48 valence electrons. The van der Waals surface area contributed by atoms with Crippen LogP contribution >= 0.6 is 0 Å². The summed E-state index contributed by atoms with van der Waals surface area (Å²) < 4.78 is 0. The second kappa shape index (κ2) is 2.99. The molecule has 1 fully saturated rings. The standard InChI is InChI=1S/C4H12N4/c1-2-8-4-6-5-3-7-8/h5-7H,2-4H2,1H3. The fourth-order valence-corrected chi connectivity index (χ4v) is 0.645. The van der Waals surface area contributed by atoms with Crippen LogP contribution in [0.5, 0.6) is 0 Å². The predicted octanol–water partition coefficient (Wildman–Crippen LogP) is -1.16. The van der Waals surface area contributed by atoms with Crippen molar-refractivity contribution in [2.45, 2.75) is 6.92 Å². The summed E-state index contributed by atoms with van der Waals surface area (Å²) in [6.45, 7) is 4.83. The zero-order valence-electron chi connectivity index (χ0n) is 5.07. The monoisotopic (exact) mass is 116 g/mol. The van der Waals surface area contributed by atoms with Crippen molar-refractivity contribution < 1.29 is 0 Å². The first-order chi connectivity index (χ1) is 3.93. The quantitative estimate of drug-likeness (QED) is 0.404. The second-order valence-electron chi connectivity index (χ2n) is 1.70. The van der Waals surface area contributed by atoms with Crippen molar-refractivity contribution in [3.8, 4) is 0 Å². The molecule has 1 aliphatic rings. The lowest BCUT2D eigenvalue weighted by molar-refractivity contribution is 0.119. The SMILES string of the molecule is CCN1CNNCN1. The number of hydrogen-bond donors (Lipinski definition) is 3. The Balaban J connectivity index is 2.13. The molecule has 1 rings (SSSR count). The van der Waals surface area contributed by atoms with E-state index in [-0.39, 0.29) is 0 Å². The molecule has 4 heteroatoms. The van der Waals surface area contributed by atoms with E-state index in [2.05, 4.69) is 28.2 Å². The van der Waals surface area contributed by atoms with Crippen LogP contribution in [-0.4, -0.2) is 24.9 Å². The van der Waals surface area contributed by atoms with Gasteiger partial charge in [0.1, 0.15) is 0 Å². The summed E-state index contributed by atoms with van der Waals surface area (Å²) in [5.74, 6) is 0. The van der Waals surface area contributed by atoms with Crippen molar-refractivity contribution in [3.05, 3.63) is 0 Å². The summed E-state index contributed by atoms with van der Waals surface area (Å²) in [6, 6.07) is 0. The highest BCUT2D eigenvalue weighted by atomic mass is 15.7. The van der Waals surface area contributed by atoms with Gasteiger partial charge in [0.25, 0.3) is 0 Å². The van der Waals surface area contributed by atoms with Crippen molar-refractivity contribution in [2.75, 3.05) is 19.9 Å². The third-order valence-corrected chi connectivity index (χ3v) is 1.17. The Bertz CT molecular complexity index is 59.1. The van der Waals surface area contributed by atoms with Crippen LogP contribution in [0, 0.1) is 0 Å². The minimum atomic E-state index is 0.813. The van der Waals surface area contributed by atoms with E-state index in [1.807, 2.05) is 0 Å². The molecule has 0 unspecified atom stereocenters. The number of nitrogens with zero attached hydrogens (tertiary/aromatic N) is 1. The fourth-order valence-electron chi connectivity index (χ4n) is 0.645. The van der Waals surface area contributed by atoms with Gasteiger partial charge in [-0.1, -0.05) is 6.92 Å². The maximum Gasteiger partial charge on any atom is 0.0752 e. The van der Waals surface area contributed by atoms with Crippen LogP contribution in [0.2, 0.25) is 0 Å². The van der Waals surface area contributed by atoms with Gasteiger partial charge in [0.05, 0.1) is 13.3 Å². The van der Waals surface area contributed by atoms with Crippen LogP contribution < -0.4 is 16.3 Å². The third-order valence-electron chi connectivity index (χ3n) is 1.17. The van der Waals surface area contributed by atoms with E-state index in [9.17, 15) is 0 Å². The van der Waals surface area contributed by atoms with Crippen LogP contribution in [0.4, 0.5) is 0 Å². The van der Waals surface area contributed by atoms with E-state index in [1.165, 1.54) is 0 Å². The molecule has 3 N–H and O–H groups in total. The van der Waals surface area contributed by atoms with Crippen LogP contribution in [0.25, 0.3) is 0 Å². The van der Waals surface area contributed by atoms with Crippen LogP contribution in [0.3, 0.4) is 0 Å².